The van der Waals surface area contributed by atoms with E-state index in [0.717, 1.165) is 33.8 Å². The number of nitrogens with zero attached hydrogens (tertiary/aromatic N) is 3. The standard InChI is InChI=1S/3C11H8FN.Ir/c3*12-10-6-4-9(5-7-10)11-3-1-2-8-13-11;/h3*1-8H;/q;;;+3. The van der Waals surface area contributed by atoms with Gasteiger partial charge >= 0.3 is 20.1 Å². The van der Waals surface area contributed by atoms with Gasteiger partial charge in [0.05, 0.1) is 17.1 Å². The molecule has 0 atom stereocenters. The molecule has 7 heteroatoms. The molecular weight excluding hydrogens is 688 g/mol. The molecule has 3 nitrogen and oxygen atoms in total. The van der Waals surface area contributed by atoms with E-state index in [1.807, 2.05) is 54.6 Å². The summed E-state index contributed by atoms with van der Waals surface area (Å²) in [6.07, 6.45) is 5.16. The molecular formula is C33H24F3IrN3+3. The van der Waals surface area contributed by atoms with Crippen molar-refractivity contribution < 1.29 is 33.3 Å². The smallest absolute Gasteiger partial charge is 0.256 e. The van der Waals surface area contributed by atoms with E-state index in [1.165, 1.54) is 36.4 Å². The van der Waals surface area contributed by atoms with Gasteiger partial charge in [-0.25, -0.2) is 13.2 Å². The molecule has 198 valence electrons. The maximum absolute atomic E-state index is 12.6. The minimum absolute atomic E-state index is 0. The second-order valence-corrected chi connectivity index (χ2v) is 8.17. The zero-order chi connectivity index (χ0) is 27.3. The normalized spacial score (nSPS) is 9.68. The van der Waals surface area contributed by atoms with Crippen molar-refractivity contribution in [2.75, 3.05) is 0 Å². The molecule has 40 heavy (non-hydrogen) atoms. The average Bonchev–Trinajstić information content (AvgIpc) is 3.00. The van der Waals surface area contributed by atoms with Crippen LogP contribution in [-0.4, -0.2) is 15.0 Å². The van der Waals surface area contributed by atoms with Gasteiger partial charge in [-0.15, -0.1) is 0 Å². The number of benzene rings is 3. The second kappa shape index (κ2) is 15.8. The van der Waals surface area contributed by atoms with E-state index in [9.17, 15) is 13.2 Å². The summed E-state index contributed by atoms with van der Waals surface area (Å²) in [7, 11) is 0. The fraction of sp³-hybridized carbons (Fsp3) is 0. The molecule has 0 aliphatic rings. The van der Waals surface area contributed by atoms with Crippen molar-refractivity contribution in [2.24, 2.45) is 0 Å². The summed E-state index contributed by atoms with van der Waals surface area (Å²) in [6.45, 7) is 0. The van der Waals surface area contributed by atoms with Crippen molar-refractivity contribution in [1.82, 2.24) is 15.0 Å². The molecule has 0 aliphatic carbocycles. The van der Waals surface area contributed by atoms with Gasteiger partial charge in [0.1, 0.15) is 17.5 Å². The van der Waals surface area contributed by atoms with Crippen LogP contribution in [0.4, 0.5) is 13.2 Å². The molecule has 0 fully saturated rings. The van der Waals surface area contributed by atoms with Crippen molar-refractivity contribution in [3.63, 3.8) is 0 Å². The molecule has 6 rings (SSSR count). The van der Waals surface area contributed by atoms with Gasteiger partial charge in [0.2, 0.25) is 0 Å². The fourth-order valence-corrected chi connectivity index (χ4v) is 3.46. The van der Waals surface area contributed by atoms with Gasteiger partial charge in [0.25, 0.3) is 0 Å². The number of hydrogen-bond acceptors (Lipinski definition) is 3. The van der Waals surface area contributed by atoms with E-state index in [-0.39, 0.29) is 37.6 Å². The summed E-state index contributed by atoms with van der Waals surface area (Å²) in [5.74, 6) is -0.668. The van der Waals surface area contributed by atoms with Gasteiger partial charge < -0.3 is 0 Å². The van der Waals surface area contributed by atoms with Gasteiger partial charge in [-0.05, 0) is 109 Å². The SMILES string of the molecule is Fc1ccc(-c2ccccn2)cc1.Fc1ccc(-c2ccccn2)cc1.Fc1ccc(-c2ccccn2)cc1.[Ir+3]. The minimum atomic E-state index is -0.223. The van der Waals surface area contributed by atoms with Gasteiger partial charge in [0.15, 0.2) is 0 Å². The maximum Gasteiger partial charge on any atom is 3.00 e. The first-order valence-electron chi connectivity index (χ1n) is 12.1. The predicted molar refractivity (Wildman–Crippen MR) is 149 cm³/mol. The first-order valence-corrected chi connectivity index (χ1v) is 12.1. The zero-order valence-corrected chi connectivity index (χ0v) is 23.6. The Labute approximate surface area is 244 Å². The van der Waals surface area contributed by atoms with Crippen LogP contribution in [0.3, 0.4) is 0 Å². The van der Waals surface area contributed by atoms with Crippen LogP contribution in [0.1, 0.15) is 0 Å². The summed E-state index contributed by atoms with van der Waals surface area (Å²) in [5.41, 5.74) is 5.39. The predicted octanol–water partition coefficient (Wildman–Crippen LogP) is 8.66. The Bertz CT molecular complexity index is 1340. The van der Waals surface area contributed by atoms with Crippen LogP contribution in [0, 0.1) is 17.5 Å². The van der Waals surface area contributed by atoms with Gasteiger partial charge in [-0.3, -0.25) is 15.0 Å². The molecule has 3 aromatic carbocycles. The third-order valence-electron chi connectivity index (χ3n) is 5.41. The Balaban J connectivity index is 0.000000163. The Kier molecular flexibility index (Phi) is 11.9. The fourth-order valence-electron chi connectivity index (χ4n) is 3.46. The molecule has 0 aliphatic heterocycles. The van der Waals surface area contributed by atoms with Gasteiger partial charge in [-0.1, -0.05) is 18.2 Å². The maximum atomic E-state index is 12.6. The van der Waals surface area contributed by atoms with E-state index in [1.54, 1.807) is 55.0 Å². The molecule has 0 saturated heterocycles. The average molecular weight is 712 g/mol. The molecule has 0 unspecified atom stereocenters. The molecule has 0 amide bonds. The second-order valence-electron chi connectivity index (χ2n) is 8.17. The molecule has 0 spiro atoms. The monoisotopic (exact) mass is 712 g/mol. The minimum Gasteiger partial charge on any atom is -0.256 e. The van der Waals surface area contributed by atoms with Crippen molar-refractivity contribution >= 4 is 0 Å². The van der Waals surface area contributed by atoms with Crippen LogP contribution < -0.4 is 0 Å². The van der Waals surface area contributed by atoms with E-state index >= 15 is 0 Å². The molecule has 3 aromatic heterocycles. The number of aromatic nitrogens is 3. The van der Waals surface area contributed by atoms with Crippen LogP contribution in [0.25, 0.3) is 33.8 Å². The van der Waals surface area contributed by atoms with Crippen molar-refractivity contribution in [1.29, 1.82) is 0 Å². The first kappa shape index (κ1) is 30.1. The number of halogens is 3. The first-order chi connectivity index (χ1) is 19.1. The van der Waals surface area contributed by atoms with Crippen LogP contribution in [0.5, 0.6) is 0 Å². The summed E-state index contributed by atoms with van der Waals surface area (Å²) in [5, 5.41) is 0. The summed E-state index contributed by atoms with van der Waals surface area (Å²) in [4.78, 5) is 12.5. The van der Waals surface area contributed by atoms with Crippen molar-refractivity contribution in [3.05, 3.63) is 163 Å². The van der Waals surface area contributed by atoms with Gasteiger partial charge in [0, 0.05) is 35.3 Å². The summed E-state index contributed by atoms with van der Waals surface area (Å²) in [6, 6.07) is 35.9. The number of rotatable bonds is 3. The van der Waals surface area contributed by atoms with E-state index in [0.29, 0.717) is 0 Å². The molecule has 6 aromatic rings. The van der Waals surface area contributed by atoms with Crippen LogP contribution >= 0.6 is 0 Å². The van der Waals surface area contributed by atoms with Crippen LogP contribution in [0.2, 0.25) is 0 Å². The molecule has 0 N–H and O–H groups in total. The molecule has 0 saturated carbocycles. The Morgan fingerprint density at radius 2 is 0.575 bits per heavy atom. The van der Waals surface area contributed by atoms with Crippen LogP contribution in [0.15, 0.2) is 146 Å². The topological polar surface area (TPSA) is 38.7 Å². The zero-order valence-electron chi connectivity index (χ0n) is 21.2. The van der Waals surface area contributed by atoms with Crippen LogP contribution in [-0.2, 0) is 20.1 Å². The molecule has 0 radical (unpaired) electrons. The van der Waals surface area contributed by atoms with Gasteiger partial charge in [-0.2, -0.15) is 0 Å². The van der Waals surface area contributed by atoms with E-state index < -0.39 is 0 Å². The third kappa shape index (κ3) is 9.38. The molecule has 0 bridgehead atoms. The van der Waals surface area contributed by atoms with Crippen molar-refractivity contribution in [3.8, 4) is 33.8 Å². The largest absolute Gasteiger partial charge is 3.00 e. The van der Waals surface area contributed by atoms with Crippen molar-refractivity contribution in [2.45, 2.75) is 0 Å². The van der Waals surface area contributed by atoms with E-state index in [2.05, 4.69) is 15.0 Å². The Hall–Kier alpha value is -4.45. The summed E-state index contributed by atoms with van der Waals surface area (Å²) >= 11 is 0. The summed E-state index contributed by atoms with van der Waals surface area (Å²) < 4.78 is 37.7. The quantitative estimate of drug-likeness (QED) is 0.185. The molecule has 3 heterocycles. The third-order valence-corrected chi connectivity index (χ3v) is 5.41. The number of hydrogen-bond donors (Lipinski definition) is 0. The number of pyridine rings is 3. The Morgan fingerprint density at radius 3 is 0.775 bits per heavy atom. The Morgan fingerprint density at radius 1 is 0.325 bits per heavy atom. The van der Waals surface area contributed by atoms with E-state index in [4.69, 9.17) is 0 Å².